The van der Waals surface area contributed by atoms with Gasteiger partial charge in [0.25, 0.3) is 0 Å². The smallest absolute Gasteiger partial charge is 0.240 e. The molecule has 0 amide bonds. The van der Waals surface area contributed by atoms with Crippen LogP contribution in [-0.4, -0.2) is 59.4 Å². The van der Waals surface area contributed by atoms with E-state index in [1.807, 2.05) is 17.0 Å². The molecule has 8 nitrogen and oxygen atoms in total. The monoisotopic (exact) mass is 491 g/mol. The molecule has 0 aromatic heterocycles. The van der Waals surface area contributed by atoms with Crippen LogP contribution in [0.3, 0.4) is 0 Å². The van der Waals surface area contributed by atoms with Crippen LogP contribution in [-0.2, 0) is 16.4 Å². The summed E-state index contributed by atoms with van der Waals surface area (Å²) in [6, 6.07) is 9.74. The molecule has 3 rings (SSSR count). The van der Waals surface area contributed by atoms with Crippen LogP contribution >= 0.6 is 12.2 Å². The van der Waals surface area contributed by atoms with Gasteiger partial charge in [-0.2, -0.15) is 0 Å². The van der Waals surface area contributed by atoms with Crippen LogP contribution in [0.4, 0.5) is 0 Å². The third kappa shape index (κ3) is 5.58. The fourth-order valence-corrected chi connectivity index (χ4v) is 5.12. The van der Waals surface area contributed by atoms with Crippen molar-refractivity contribution in [3.05, 3.63) is 60.2 Å². The van der Waals surface area contributed by atoms with Crippen LogP contribution < -0.4 is 24.2 Å². The van der Waals surface area contributed by atoms with Gasteiger partial charge in [0, 0.05) is 19.6 Å². The Balaban J connectivity index is 1.93. The number of hydrogen-bond donors (Lipinski definition) is 2. The van der Waals surface area contributed by atoms with Crippen LogP contribution in [0, 0.1) is 0 Å². The molecule has 0 aliphatic carbocycles. The number of benzene rings is 2. The molecule has 0 spiro atoms. The Bertz CT molecular complexity index is 1100. The lowest BCUT2D eigenvalue weighted by atomic mass is 9.92. The van der Waals surface area contributed by atoms with E-state index in [1.54, 1.807) is 32.4 Å². The normalized spacial score (nSPS) is 15.4. The second-order valence-corrected chi connectivity index (χ2v) is 9.52. The van der Waals surface area contributed by atoms with Crippen LogP contribution in [0.25, 0.3) is 0 Å². The Hall–Kier alpha value is -2.82. The van der Waals surface area contributed by atoms with Crippen molar-refractivity contribution >= 4 is 27.4 Å². The van der Waals surface area contributed by atoms with E-state index in [0.29, 0.717) is 35.5 Å². The lowest BCUT2D eigenvalue weighted by Crippen LogP contribution is -2.49. The molecule has 2 N–H and O–H groups in total. The highest BCUT2D eigenvalue weighted by Gasteiger charge is 2.32. The molecular weight excluding hydrogens is 462 g/mol. The van der Waals surface area contributed by atoms with Gasteiger partial charge in [-0.3, -0.25) is 0 Å². The first-order valence-corrected chi connectivity index (χ1v) is 12.3. The van der Waals surface area contributed by atoms with Gasteiger partial charge in [-0.1, -0.05) is 6.08 Å². The Morgan fingerprint density at radius 3 is 2.42 bits per heavy atom. The molecule has 1 heterocycles. The largest absolute Gasteiger partial charge is 0.497 e. The van der Waals surface area contributed by atoms with Crippen molar-refractivity contribution in [3.63, 3.8) is 0 Å². The summed E-state index contributed by atoms with van der Waals surface area (Å²) in [5.41, 5.74) is 1.99. The summed E-state index contributed by atoms with van der Waals surface area (Å²) in [4.78, 5) is 2.15. The van der Waals surface area contributed by atoms with E-state index in [9.17, 15) is 8.42 Å². The van der Waals surface area contributed by atoms with E-state index in [2.05, 4.69) is 16.6 Å². The summed E-state index contributed by atoms with van der Waals surface area (Å²) in [6.07, 6.45) is 2.45. The van der Waals surface area contributed by atoms with Crippen molar-refractivity contribution in [1.29, 1.82) is 0 Å². The predicted molar refractivity (Wildman–Crippen MR) is 132 cm³/mol. The standard InChI is InChI=1S/C23H29N3O5S2/c1-5-11-24-23(32)26-12-10-16-13-21(30-3)22(31-4)14-19(16)20(26)15-25-33(27,28)18-8-6-17(29-2)7-9-18/h5-9,13-14,20,25H,1,10-12,15H2,2-4H3,(H,24,32)/t20-/m1/s1. The highest BCUT2D eigenvalue weighted by atomic mass is 32.2. The van der Waals surface area contributed by atoms with Crippen molar-refractivity contribution < 1.29 is 22.6 Å². The zero-order chi connectivity index (χ0) is 24.0. The van der Waals surface area contributed by atoms with Gasteiger partial charge in [0.2, 0.25) is 10.0 Å². The highest BCUT2D eigenvalue weighted by molar-refractivity contribution is 7.89. The number of hydrogen-bond acceptors (Lipinski definition) is 6. The van der Waals surface area contributed by atoms with E-state index in [1.165, 1.54) is 19.2 Å². The third-order valence-electron chi connectivity index (χ3n) is 5.50. The van der Waals surface area contributed by atoms with E-state index >= 15 is 0 Å². The molecule has 10 heteroatoms. The predicted octanol–water partition coefficient (Wildman–Crippen LogP) is 2.65. The maximum Gasteiger partial charge on any atom is 0.240 e. The first-order valence-electron chi connectivity index (χ1n) is 10.4. The average molecular weight is 492 g/mol. The number of methoxy groups -OCH3 is 3. The van der Waals surface area contributed by atoms with Crippen molar-refractivity contribution in [3.8, 4) is 17.2 Å². The van der Waals surface area contributed by atoms with Crippen molar-refractivity contribution in [2.45, 2.75) is 17.4 Å². The number of sulfonamides is 1. The number of rotatable bonds is 9. The summed E-state index contributed by atoms with van der Waals surface area (Å²) in [7, 11) is 0.945. The lowest BCUT2D eigenvalue weighted by Gasteiger charge is -2.39. The molecule has 33 heavy (non-hydrogen) atoms. The number of nitrogens with zero attached hydrogens (tertiary/aromatic N) is 1. The van der Waals surface area contributed by atoms with Crippen LogP contribution in [0.5, 0.6) is 17.2 Å². The first kappa shape index (κ1) is 24.8. The van der Waals surface area contributed by atoms with Crippen LogP contribution in [0.2, 0.25) is 0 Å². The van der Waals surface area contributed by atoms with E-state index in [4.69, 9.17) is 26.4 Å². The Morgan fingerprint density at radius 2 is 1.82 bits per heavy atom. The summed E-state index contributed by atoms with van der Waals surface area (Å²) in [5.74, 6) is 1.79. The molecule has 0 radical (unpaired) electrons. The minimum absolute atomic E-state index is 0.118. The SMILES string of the molecule is C=CCNC(=S)N1CCc2cc(OC)c(OC)cc2[C@H]1CNS(=O)(=O)c1ccc(OC)cc1. The minimum atomic E-state index is -3.75. The summed E-state index contributed by atoms with van der Waals surface area (Å²) < 4.78 is 44.8. The second-order valence-electron chi connectivity index (χ2n) is 7.37. The lowest BCUT2D eigenvalue weighted by molar-refractivity contribution is 0.291. The molecule has 2 aromatic rings. The summed E-state index contributed by atoms with van der Waals surface area (Å²) in [6.45, 7) is 4.97. The van der Waals surface area contributed by atoms with Gasteiger partial charge in [0.15, 0.2) is 16.6 Å². The molecule has 0 bridgehead atoms. The molecule has 0 saturated heterocycles. The molecule has 0 fully saturated rings. The average Bonchev–Trinajstić information content (AvgIpc) is 2.84. The quantitative estimate of drug-likeness (QED) is 0.409. The van der Waals surface area contributed by atoms with Gasteiger partial charge < -0.3 is 24.4 Å². The van der Waals surface area contributed by atoms with E-state index in [-0.39, 0.29) is 17.5 Å². The third-order valence-corrected chi connectivity index (χ3v) is 7.32. The molecule has 0 unspecified atom stereocenters. The van der Waals surface area contributed by atoms with Crippen LogP contribution in [0.15, 0.2) is 53.9 Å². The number of nitrogens with one attached hydrogen (secondary N) is 2. The maximum absolute atomic E-state index is 13.0. The van der Waals surface area contributed by atoms with Crippen molar-refractivity contribution in [2.75, 3.05) is 41.0 Å². The number of thiocarbonyl (C=S) groups is 1. The summed E-state index contributed by atoms with van der Waals surface area (Å²) in [5, 5.41) is 3.68. The van der Waals surface area contributed by atoms with Gasteiger partial charge in [-0.25, -0.2) is 13.1 Å². The molecule has 2 aromatic carbocycles. The Kier molecular flexibility index (Phi) is 8.17. The van der Waals surface area contributed by atoms with Gasteiger partial charge in [0.1, 0.15) is 5.75 Å². The number of ether oxygens (including phenoxy) is 3. The highest BCUT2D eigenvalue weighted by Crippen LogP contribution is 2.38. The van der Waals surface area contributed by atoms with Crippen molar-refractivity contribution in [1.82, 2.24) is 14.9 Å². The van der Waals surface area contributed by atoms with Crippen LogP contribution in [0.1, 0.15) is 17.2 Å². The molecule has 1 aliphatic rings. The van der Waals surface area contributed by atoms with Gasteiger partial charge >= 0.3 is 0 Å². The van der Waals surface area contributed by atoms with E-state index in [0.717, 1.165) is 17.5 Å². The summed E-state index contributed by atoms with van der Waals surface area (Å²) >= 11 is 5.60. The second kappa shape index (κ2) is 10.9. The molecule has 1 aliphatic heterocycles. The zero-order valence-electron chi connectivity index (χ0n) is 19.0. The van der Waals surface area contributed by atoms with Gasteiger partial charge in [-0.15, -0.1) is 6.58 Å². The van der Waals surface area contributed by atoms with E-state index < -0.39 is 10.0 Å². The Morgan fingerprint density at radius 1 is 1.15 bits per heavy atom. The minimum Gasteiger partial charge on any atom is -0.497 e. The fraction of sp³-hybridized carbons (Fsp3) is 0.348. The molecule has 178 valence electrons. The molecule has 1 atom stereocenters. The van der Waals surface area contributed by atoms with Crippen molar-refractivity contribution in [2.24, 2.45) is 0 Å². The fourth-order valence-electron chi connectivity index (χ4n) is 3.78. The van der Waals surface area contributed by atoms with Gasteiger partial charge in [-0.05, 0) is 66.2 Å². The molecule has 0 saturated carbocycles. The Labute approximate surface area is 200 Å². The zero-order valence-corrected chi connectivity index (χ0v) is 20.6. The van der Waals surface area contributed by atoms with Gasteiger partial charge in [0.05, 0.1) is 32.3 Å². The first-order chi connectivity index (χ1) is 15.8. The topological polar surface area (TPSA) is 89.1 Å². The molecular formula is C23H29N3O5S2. The number of fused-ring (bicyclic) bond motifs is 1. The maximum atomic E-state index is 13.0.